The molecule has 0 bridgehead atoms. The molecule has 0 aromatic heterocycles. The fraction of sp³-hybridized carbons (Fsp3) is 0.318. The summed E-state index contributed by atoms with van der Waals surface area (Å²) >= 11 is 0. The zero-order valence-corrected chi connectivity index (χ0v) is 18.1. The van der Waals surface area contributed by atoms with Gasteiger partial charge in [-0.25, -0.2) is 8.42 Å². The van der Waals surface area contributed by atoms with Crippen LogP contribution in [0.25, 0.3) is 0 Å². The Hall–Kier alpha value is -3.26. The Kier molecular flexibility index (Phi) is 7.94. The number of carbonyl (C=O) groups excluding carboxylic acids is 2. The van der Waals surface area contributed by atoms with Crippen molar-refractivity contribution in [3.05, 3.63) is 59.7 Å². The van der Waals surface area contributed by atoms with Crippen molar-refractivity contribution in [2.24, 2.45) is 0 Å². The van der Waals surface area contributed by atoms with Gasteiger partial charge in [-0.05, 0) is 48.4 Å². The largest absolute Gasteiger partial charge is 0.456 e. The lowest BCUT2D eigenvalue weighted by atomic mass is 10.1. The molecule has 1 aliphatic rings. The highest BCUT2D eigenvalue weighted by atomic mass is 32.2. The Morgan fingerprint density at radius 1 is 1.06 bits per heavy atom. The third kappa shape index (κ3) is 6.37. The van der Waals surface area contributed by atoms with Gasteiger partial charge in [-0.3, -0.25) is 9.59 Å². The first-order chi connectivity index (χ1) is 15.4. The molecule has 0 spiro atoms. The number of nitriles is 1. The van der Waals surface area contributed by atoms with Gasteiger partial charge in [-0.1, -0.05) is 12.1 Å². The average Bonchev–Trinajstić information content (AvgIpc) is 2.82. The topological polar surface area (TPSA) is 126 Å². The minimum Gasteiger partial charge on any atom is -0.456 e. The quantitative estimate of drug-likeness (QED) is 0.598. The first-order valence-electron chi connectivity index (χ1n) is 10.0. The second-order valence-corrected chi connectivity index (χ2v) is 9.00. The summed E-state index contributed by atoms with van der Waals surface area (Å²) in [7, 11) is -3.56. The molecule has 0 aliphatic carbocycles. The molecule has 3 rings (SSSR count). The first kappa shape index (κ1) is 23.4. The fourth-order valence-electron chi connectivity index (χ4n) is 3.05. The lowest BCUT2D eigenvalue weighted by Gasteiger charge is -2.26. The highest BCUT2D eigenvalue weighted by Gasteiger charge is 2.26. The maximum Gasteiger partial charge on any atom is 0.306 e. The number of esters is 1. The molecule has 9 nitrogen and oxygen atoms in total. The standard InChI is InChI=1S/C22H23N3O6S/c23-15-18-1-6-19(7-2-18)24-21(26)16-31-22(27)10-5-17-3-8-20(9-4-17)32(28,29)25-11-13-30-14-12-25/h1-4,6-9H,5,10-14,16H2,(H,24,26). The number of hydrogen-bond acceptors (Lipinski definition) is 7. The molecule has 1 fully saturated rings. The van der Waals surface area contributed by atoms with Crippen LogP contribution in [0.4, 0.5) is 5.69 Å². The van der Waals surface area contributed by atoms with Gasteiger partial charge >= 0.3 is 5.97 Å². The smallest absolute Gasteiger partial charge is 0.306 e. The van der Waals surface area contributed by atoms with Gasteiger partial charge < -0.3 is 14.8 Å². The molecule has 10 heteroatoms. The maximum atomic E-state index is 12.6. The minimum absolute atomic E-state index is 0.0553. The molecule has 1 heterocycles. The predicted octanol–water partition coefficient (Wildman–Crippen LogP) is 1.69. The number of rotatable bonds is 8. The Morgan fingerprint density at radius 3 is 2.34 bits per heavy atom. The first-order valence-corrected chi connectivity index (χ1v) is 11.4. The third-order valence-corrected chi connectivity index (χ3v) is 6.72. The van der Waals surface area contributed by atoms with E-state index in [9.17, 15) is 18.0 Å². The summed E-state index contributed by atoms with van der Waals surface area (Å²) in [6.45, 7) is 0.995. The molecular weight excluding hydrogens is 434 g/mol. The summed E-state index contributed by atoms with van der Waals surface area (Å²) in [5.41, 5.74) is 1.75. The zero-order valence-electron chi connectivity index (χ0n) is 17.3. The van der Waals surface area contributed by atoms with E-state index in [0.717, 1.165) is 5.56 Å². The number of benzene rings is 2. The van der Waals surface area contributed by atoms with E-state index >= 15 is 0 Å². The van der Waals surface area contributed by atoms with Crippen molar-refractivity contribution < 1.29 is 27.5 Å². The molecular formula is C22H23N3O6S. The van der Waals surface area contributed by atoms with Crippen molar-refractivity contribution in [1.29, 1.82) is 5.26 Å². The number of sulfonamides is 1. The van der Waals surface area contributed by atoms with Crippen molar-refractivity contribution >= 4 is 27.6 Å². The van der Waals surface area contributed by atoms with Crippen LogP contribution in [0, 0.1) is 11.3 Å². The van der Waals surface area contributed by atoms with Crippen molar-refractivity contribution in [2.45, 2.75) is 17.7 Å². The summed E-state index contributed by atoms with van der Waals surface area (Å²) < 4.78 is 36.8. The van der Waals surface area contributed by atoms with Crippen LogP contribution < -0.4 is 5.32 Å². The van der Waals surface area contributed by atoms with E-state index in [1.165, 1.54) is 16.4 Å². The molecule has 2 aromatic carbocycles. The highest BCUT2D eigenvalue weighted by molar-refractivity contribution is 7.89. The van der Waals surface area contributed by atoms with Crippen LogP contribution in [-0.2, 0) is 35.5 Å². The number of morpholine rings is 1. The van der Waals surface area contributed by atoms with E-state index in [4.69, 9.17) is 14.7 Å². The molecule has 0 unspecified atom stereocenters. The van der Waals surface area contributed by atoms with E-state index in [1.807, 2.05) is 6.07 Å². The Bertz CT molecular complexity index is 1090. The fourth-order valence-corrected chi connectivity index (χ4v) is 4.46. The summed E-state index contributed by atoms with van der Waals surface area (Å²) in [6.07, 6.45) is 0.410. The maximum absolute atomic E-state index is 12.6. The molecule has 1 amide bonds. The molecule has 1 aliphatic heterocycles. The highest BCUT2D eigenvalue weighted by Crippen LogP contribution is 2.18. The van der Waals surface area contributed by atoms with Crippen molar-refractivity contribution in [3.63, 3.8) is 0 Å². The van der Waals surface area contributed by atoms with Crippen LogP contribution >= 0.6 is 0 Å². The van der Waals surface area contributed by atoms with Crippen molar-refractivity contribution in [2.75, 3.05) is 38.2 Å². The molecule has 1 N–H and O–H groups in total. The number of hydrogen-bond donors (Lipinski definition) is 1. The Balaban J connectivity index is 1.43. The molecule has 0 saturated carbocycles. The van der Waals surface area contributed by atoms with E-state index < -0.39 is 28.5 Å². The van der Waals surface area contributed by atoms with E-state index in [0.29, 0.717) is 44.0 Å². The van der Waals surface area contributed by atoms with Gasteiger partial charge in [0, 0.05) is 25.2 Å². The second-order valence-electron chi connectivity index (χ2n) is 7.06. The Labute approximate surface area is 186 Å². The predicted molar refractivity (Wildman–Crippen MR) is 115 cm³/mol. The number of nitrogens with zero attached hydrogens (tertiary/aromatic N) is 2. The van der Waals surface area contributed by atoms with Crippen LogP contribution in [0.3, 0.4) is 0 Å². The molecule has 32 heavy (non-hydrogen) atoms. The van der Waals surface area contributed by atoms with Crippen LogP contribution in [0.15, 0.2) is 53.4 Å². The van der Waals surface area contributed by atoms with Gasteiger partial charge in [0.05, 0.1) is 29.7 Å². The summed E-state index contributed by atoms with van der Waals surface area (Å²) in [4.78, 5) is 24.0. The summed E-state index contributed by atoms with van der Waals surface area (Å²) in [5.74, 6) is -1.02. The van der Waals surface area contributed by atoms with Crippen molar-refractivity contribution in [1.82, 2.24) is 4.31 Å². The normalized spacial score (nSPS) is 14.3. The van der Waals surface area contributed by atoms with Crippen LogP contribution in [0.5, 0.6) is 0 Å². The van der Waals surface area contributed by atoms with Gasteiger partial charge in [0.2, 0.25) is 10.0 Å². The minimum atomic E-state index is -3.56. The van der Waals surface area contributed by atoms with Gasteiger partial charge in [0.15, 0.2) is 6.61 Å². The lowest BCUT2D eigenvalue weighted by molar-refractivity contribution is -0.147. The zero-order chi connectivity index (χ0) is 23.0. The van der Waals surface area contributed by atoms with Gasteiger partial charge in [-0.15, -0.1) is 0 Å². The number of anilines is 1. The van der Waals surface area contributed by atoms with E-state index in [-0.39, 0.29) is 11.3 Å². The van der Waals surface area contributed by atoms with Crippen molar-refractivity contribution in [3.8, 4) is 6.07 Å². The molecule has 0 atom stereocenters. The van der Waals surface area contributed by atoms with Gasteiger partial charge in [-0.2, -0.15) is 9.57 Å². The average molecular weight is 458 g/mol. The van der Waals surface area contributed by atoms with Gasteiger partial charge in [0.25, 0.3) is 5.91 Å². The summed E-state index contributed by atoms with van der Waals surface area (Å²) in [6, 6.07) is 14.7. The molecule has 0 radical (unpaired) electrons. The third-order valence-electron chi connectivity index (χ3n) is 4.81. The number of ether oxygens (including phenoxy) is 2. The van der Waals surface area contributed by atoms with Crippen LogP contribution in [-0.4, -0.2) is 57.5 Å². The second kappa shape index (κ2) is 10.9. The number of carbonyl (C=O) groups is 2. The molecule has 168 valence electrons. The number of amides is 1. The SMILES string of the molecule is N#Cc1ccc(NC(=O)COC(=O)CCc2ccc(S(=O)(=O)N3CCOCC3)cc2)cc1. The molecule has 1 saturated heterocycles. The van der Waals surface area contributed by atoms with E-state index in [1.54, 1.807) is 36.4 Å². The monoisotopic (exact) mass is 457 g/mol. The molecule has 2 aromatic rings. The summed E-state index contributed by atoms with van der Waals surface area (Å²) in [5, 5.41) is 11.3. The lowest BCUT2D eigenvalue weighted by Crippen LogP contribution is -2.40. The number of nitrogens with one attached hydrogen (secondary N) is 1. The number of aryl methyl sites for hydroxylation is 1. The van der Waals surface area contributed by atoms with Gasteiger partial charge in [0.1, 0.15) is 0 Å². The van der Waals surface area contributed by atoms with E-state index in [2.05, 4.69) is 5.32 Å². The van der Waals surface area contributed by atoms with Crippen LogP contribution in [0.1, 0.15) is 17.5 Å². The Morgan fingerprint density at radius 2 is 1.72 bits per heavy atom. The van der Waals surface area contributed by atoms with Crippen LogP contribution in [0.2, 0.25) is 0 Å².